The van der Waals surface area contributed by atoms with Gasteiger partial charge in [0.2, 0.25) is 5.95 Å². The van der Waals surface area contributed by atoms with Gasteiger partial charge in [-0.25, -0.2) is 9.97 Å². The van der Waals surface area contributed by atoms with Gasteiger partial charge in [-0.1, -0.05) is 23.2 Å². The van der Waals surface area contributed by atoms with E-state index in [1.807, 2.05) is 0 Å². The molecule has 10 heteroatoms. The molecule has 0 radical (unpaired) electrons. The van der Waals surface area contributed by atoms with E-state index in [1.54, 1.807) is 30.6 Å². The molecular formula is C27H30Cl2N6OS. The molecule has 2 saturated carbocycles. The van der Waals surface area contributed by atoms with E-state index < -0.39 is 0 Å². The second kappa shape index (κ2) is 11.1. The van der Waals surface area contributed by atoms with Gasteiger partial charge in [0.1, 0.15) is 12.4 Å². The number of hydrogen-bond acceptors (Lipinski definition) is 8. The summed E-state index contributed by atoms with van der Waals surface area (Å²) >= 11 is 14.5. The molecule has 0 unspecified atom stereocenters. The molecule has 0 aliphatic heterocycles. The lowest BCUT2D eigenvalue weighted by atomic mass is 9.59. The second-order valence-electron chi connectivity index (χ2n) is 9.53. The molecule has 2 aliphatic carbocycles. The molecular weight excluding hydrogens is 527 g/mol. The van der Waals surface area contributed by atoms with Crippen molar-refractivity contribution in [2.75, 3.05) is 29.5 Å². The van der Waals surface area contributed by atoms with Gasteiger partial charge >= 0.3 is 0 Å². The Morgan fingerprint density at radius 3 is 2.46 bits per heavy atom. The summed E-state index contributed by atoms with van der Waals surface area (Å²) in [6, 6.07) is 5.20. The van der Waals surface area contributed by atoms with Crippen LogP contribution in [0.2, 0.25) is 10.0 Å². The highest BCUT2D eigenvalue weighted by Gasteiger charge is 2.53. The van der Waals surface area contributed by atoms with Gasteiger partial charge in [0.05, 0.1) is 15.8 Å². The Morgan fingerprint density at radius 1 is 1.16 bits per heavy atom. The third kappa shape index (κ3) is 5.38. The van der Waals surface area contributed by atoms with E-state index in [0.717, 1.165) is 24.8 Å². The molecule has 2 heterocycles. The van der Waals surface area contributed by atoms with Gasteiger partial charge in [-0.05, 0) is 56.7 Å². The van der Waals surface area contributed by atoms with Gasteiger partial charge in [-0.3, -0.25) is 10.4 Å². The molecule has 0 bridgehead atoms. The van der Waals surface area contributed by atoms with Crippen LogP contribution in [-0.2, 0) is 6.61 Å². The van der Waals surface area contributed by atoms with Crippen molar-refractivity contribution in [2.24, 2.45) is 5.92 Å². The van der Waals surface area contributed by atoms with Crippen LogP contribution in [0.1, 0.15) is 49.3 Å². The van der Waals surface area contributed by atoms with Gasteiger partial charge in [0, 0.05) is 70.8 Å². The first-order chi connectivity index (χ1) is 17.9. The van der Waals surface area contributed by atoms with Crippen LogP contribution in [0.5, 0.6) is 5.75 Å². The fourth-order valence-corrected chi connectivity index (χ4v) is 7.16. The number of halogens is 2. The van der Waals surface area contributed by atoms with Crippen molar-refractivity contribution in [2.45, 2.75) is 44.0 Å². The number of ether oxygens (including phenoxy) is 1. The first-order valence-corrected chi connectivity index (χ1v) is 14.2. The van der Waals surface area contributed by atoms with Crippen molar-refractivity contribution in [3.63, 3.8) is 0 Å². The van der Waals surface area contributed by atoms with Crippen LogP contribution in [0.3, 0.4) is 0 Å². The Kier molecular flexibility index (Phi) is 7.79. The Morgan fingerprint density at radius 2 is 1.86 bits per heavy atom. The van der Waals surface area contributed by atoms with Crippen molar-refractivity contribution in [3.05, 3.63) is 69.7 Å². The minimum Gasteiger partial charge on any atom is -0.489 e. The smallest absolute Gasteiger partial charge is 0.225 e. The number of fused-ring (bicyclic) bond motifs is 1. The fraction of sp³-hybridized carbons (Fsp3) is 0.407. The summed E-state index contributed by atoms with van der Waals surface area (Å²) in [5, 5.41) is 9.61. The van der Waals surface area contributed by atoms with E-state index in [1.165, 1.54) is 38.1 Å². The molecule has 1 aromatic carbocycles. The summed E-state index contributed by atoms with van der Waals surface area (Å²) in [6.07, 6.45) is 12.0. The maximum absolute atomic E-state index is 8.74. The van der Waals surface area contributed by atoms with E-state index in [9.17, 15) is 0 Å². The van der Waals surface area contributed by atoms with Crippen molar-refractivity contribution in [1.82, 2.24) is 15.0 Å². The van der Waals surface area contributed by atoms with Gasteiger partial charge < -0.3 is 15.4 Å². The second-order valence-corrected chi connectivity index (χ2v) is 11.9. The number of aromatic nitrogens is 3. The van der Waals surface area contributed by atoms with Gasteiger partial charge in [-0.15, -0.1) is 0 Å². The third-order valence-corrected chi connectivity index (χ3v) is 9.90. The minimum absolute atomic E-state index is 0.168. The summed E-state index contributed by atoms with van der Waals surface area (Å²) in [6.45, 7) is 4.05. The monoisotopic (exact) mass is 556 g/mol. The Balaban J connectivity index is 1.23. The van der Waals surface area contributed by atoms with Crippen LogP contribution >= 0.6 is 35.0 Å². The van der Waals surface area contributed by atoms with Crippen LogP contribution in [-0.4, -0.2) is 44.3 Å². The predicted octanol–water partition coefficient (Wildman–Crippen LogP) is 6.26. The molecule has 194 valence electrons. The molecule has 0 atom stereocenters. The largest absolute Gasteiger partial charge is 0.489 e. The first-order valence-electron chi connectivity index (χ1n) is 12.5. The number of nitrogens with two attached hydrogens (primary N) is 1. The van der Waals surface area contributed by atoms with Gasteiger partial charge in [0.15, 0.2) is 0 Å². The lowest BCUT2D eigenvalue weighted by molar-refractivity contribution is 0.0932. The number of nitrogen functional groups attached to an aromatic ring is 1. The lowest BCUT2D eigenvalue weighted by Gasteiger charge is -2.58. The Hall–Kier alpha value is -2.55. The minimum atomic E-state index is 0.168. The first kappa shape index (κ1) is 26.1. The standard InChI is InChI=1S/C27H30Cl2N6OS/c1-2-35(9-10-37-27-7-5-18(27)6-8-27)26-33-12-17(13-34-26)25(31)20-11-19(3-4-24(20)30)36-16-21-22(28)14-32-15-23(21)29/h3-4,11-15,18,31H,2,5-10,16,30H2,1H3. The molecule has 0 amide bonds. The zero-order valence-electron chi connectivity index (χ0n) is 20.7. The SMILES string of the molecule is CCN(CCSC12CCC1CC2)c1ncc(C(=N)c2cc(OCc3c(Cl)cncc3Cl)ccc2N)cn1. The van der Waals surface area contributed by atoms with Crippen LogP contribution in [0, 0.1) is 11.3 Å². The Labute approximate surface area is 231 Å². The summed E-state index contributed by atoms with van der Waals surface area (Å²) in [4.78, 5) is 15.3. The number of nitrogens with zero attached hydrogens (tertiary/aromatic N) is 4. The number of benzene rings is 1. The maximum atomic E-state index is 8.74. The quantitative estimate of drug-likeness (QED) is 0.212. The maximum Gasteiger partial charge on any atom is 0.225 e. The molecule has 0 spiro atoms. The highest BCUT2D eigenvalue weighted by Crippen LogP contribution is 2.61. The number of thioether (sulfide) groups is 1. The van der Waals surface area contributed by atoms with Crippen molar-refractivity contribution >= 4 is 52.3 Å². The van der Waals surface area contributed by atoms with E-state index in [-0.39, 0.29) is 12.3 Å². The van der Waals surface area contributed by atoms with Crippen molar-refractivity contribution in [3.8, 4) is 5.75 Å². The third-order valence-electron chi connectivity index (χ3n) is 7.55. The molecule has 3 aromatic rings. The Bertz CT molecular complexity index is 1260. The van der Waals surface area contributed by atoms with Crippen LogP contribution in [0.4, 0.5) is 11.6 Å². The van der Waals surface area contributed by atoms with E-state index in [2.05, 4.69) is 38.5 Å². The molecule has 2 aromatic heterocycles. The molecule has 37 heavy (non-hydrogen) atoms. The van der Waals surface area contributed by atoms with E-state index >= 15 is 0 Å². The zero-order chi connectivity index (χ0) is 26.0. The number of pyridine rings is 1. The predicted molar refractivity (Wildman–Crippen MR) is 152 cm³/mol. The fourth-order valence-electron chi connectivity index (χ4n) is 4.97. The lowest BCUT2D eigenvalue weighted by Crippen LogP contribution is -2.53. The van der Waals surface area contributed by atoms with Crippen LogP contribution in [0.25, 0.3) is 0 Å². The summed E-state index contributed by atoms with van der Waals surface area (Å²) < 4.78 is 6.47. The highest BCUT2D eigenvalue weighted by atomic mass is 35.5. The molecule has 2 aliphatic rings. The number of hydrogen-bond donors (Lipinski definition) is 2. The molecule has 3 N–H and O–H groups in total. The summed E-state index contributed by atoms with van der Waals surface area (Å²) in [5.41, 5.74) is 8.68. The molecule has 7 nitrogen and oxygen atoms in total. The average Bonchev–Trinajstić information content (AvgIpc) is 2.90. The van der Waals surface area contributed by atoms with Gasteiger partial charge in [0.25, 0.3) is 0 Å². The molecule has 5 rings (SSSR count). The highest BCUT2D eigenvalue weighted by molar-refractivity contribution is 8.00. The molecule has 0 saturated heterocycles. The summed E-state index contributed by atoms with van der Waals surface area (Å²) in [7, 11) is 0. The zero-order valence-corrected chi connectivity index (χ0v) is 23.0. The summed E-state index contributed by atoms with van der Waals surface area (Å²) in [5.74, 6) is 3.28. The normalized spacial score (nSPS) is 19.9. The number of rotatable bonds is 11. The topological polar surface area (TPSA) is 101 Å². The van der Waals surface area contributed by atoms with Crippen molar-refractivity contribution < 1.29 is 4.74 Å². The van der Waals surface area contributed by atoms with E-state index in [4.69, 9.17) is 39.1 Å². The number of nitrogens with one attached hydrogen (secondary N) is 1. The van der Waals surface area contributed by atoms with Crippen molar-refractivity contribution in [1.29, 1.82) is 5.41 Å². The molecule has 2 fully saturated rings. The van der Waals surface area contributed by atoms with E-state index in [0.29, 0.717) is 48.9 Å². The van der Waals surface area contributed by atoms with Gasteiger partial charge in [-0.2, -0.15) is 11.8 Å². The number of anilines is 2. The van der Waals surface area contributed by atoms with Crippen LogP contribution in [0.15, 0.2) is 43.0 Å². The average molecular weight is 558 g/mol. The van der Waals surface area contributed by atoms with Crippen LogP contribution < -0.4 is 15.4 Å².